The van der Waals surface area contributed by atoms with Crippen molar-refractivity contribution in [1.82, 2.24) is 5.32 Å². The number of hydrogen-bond acceptors (Lipinski definition) is 4. The van der Waals surface area contributed by atoms with Crippen LogP contribution in [-0.4, -0.2) is 46.6 Å². The second-order valence-electron chi connectivity index (χ2n) is 4.73. The van der Waals surface area contributed by atoms with Crippen LogP contribution >= 0.6 is 0 Å². The summed E-state index contributed by atoms with van der Waals surface area (Å²) >= 11 is 0. The quantitative estimate of drug-likeness (QED) is 0.636. The molecule has 1 N–H and O–H groups in total. The van der Waals surface area contributed by atoms with Crippen LogP contribution in [0.15, 0.2) is 18.2 Å². The fourth-order valence-corrected chi connectivity index (χ4v) is 2.09. The largest absolute Gasteiger partial charge is 0.383 e. The van der Waals surface area contributed by atoms with Gasteiger partial charge in [0.25, 0.3) is 0 Å². The van der Waals surface area contributed by atoms with Gasteiger partial charge in [0.05, 0.1) is 18.9 Å². The Hall–Kier alpha value is -1.17. The molecule has 0 unspecified atom stereocenters. The molecule has 0 saturated carbocycles. The Balaban J connectivity index is 2.58. The second kappa shape index (κ2) is 10.5. The molecule has 120 valence electrons. The summed E-state index contributed by atoms with van der Waals surface area (Å²) in [5, 5.41) is 3.21. The summed E-state index contributed by atoms with van der Waals surface area (Å²) in [5.41, 5.74) is 1.58. The number of likely N-dealkylation sites (N-methyl/N-ethyl adjacent to an activating group) is 1. The minimum Gasteiger partial charge on any atom is -0.383 e. The number of halogens is 1. The van der Waals surface area contributed by atoms with Crippen LogP contribution in [0.1, 0.15) is 19.4 Å². The van der Waals surface area contributed by atoms with E-state index < -0.39 is 0 Å². The average molecular weight is 298 g/mol. The summed E-state index contributed by atoms with van der Waals surface area (Å²) in [6.07, 6.45) is 0. The Kier molecular flexibility index (Phi) is 8.98. The number of methoxy groups -OCH3 is 1. The molecule has 0 spiro atoms. The molecule has 0 bridgehead atoms. The fourth-order valence-electron chi connectivity index (χ4n) is 2.09. The predicted octanol–water partition coefficient (Wildman–Crippen LogP) is 2.42. The summed E-state index contributed by atoms with van der Waals surface area (Å²) in [6, 6.07) is 5.40. The first kappa shape index (κ1) is 17.9. The van der Waals surface area contributed by atoms with E-state index in [-0.39, 0.29) is 5.82 Å². The lowest BCUT2D eigenvalue weighted by atomic mass is 10.1. The highest BCUT2D eigenvalue weighted by Crippen LogP contribution is 2.20. The lowest BCUT2D eigenvalue weighted by molar-refractivity contribution is 0.154. The summed E-state index contributed by atoms with van der Waals surface area (Å²) in [7, 11) is 1.66. The first-order chi connectivity index (χ1) is 10.2. The summed E-state index contributed by atoms with van der Waals surface area (Å²) in [6.45, 7) is 8.80. The summed E-state index contributed by atoms with van der Waals surface area (Å²) < 4.78 is 24.5. The van der Waals surface area contributed by atoms with Gasteiger partial charge in [-0.05, 0) is 31.5 Å². The van der Waals surface area contributed by atoms with E-state index in [1.54, 1.807) is 13.2 Å². The van der Waals surface area contributed by atoms with Gasteiger partial charge in [-0.25, -0.2) is 4.39 Å². The number of ether oxygens (including phenoxy) is 2. The highest BCUT2D eigenvalue weighted by molar-refractivity contribution is 5.49. The molecule has 1 rings (SSSR count). The van der Waals surface area contributed by atoms with Crippen molar-refractivity contribution in [3.05, 3.63) is 29.6 Å². The maximum atomic E-state index is 14.2. The van der Waals surface area contributed by atoms with Gasteiger partial charge in [-0.15, -0.1) is 0 Å². The molecule has 0 aliphatic rings. The van der Waals surface area contributed by atoms with Crippen molar-refractivity contribution in [3.8, 4) is 0 Å². The highest BCUT2D eigenvalue weighted by Gasteiger charge is 2.10. The highest BCUT2D eigenvalue weighted by atomic mass is 19.1. The zero-order valence-corrected chi connectivity index (χ0v) is 13.3. The summed E-state index contributed by atoms with van der Waals surface area (Å²) in [5.74, 6) is -0.181. The average Bonchev–Trinajstić information content (AvgIpc) is 2.49. The summed E-state index contributed by atoms with van der Waals surface area (Å²) in [4.78, 5) is 1.99. The van der Waals surface area contributed by atoms with Crippen molar-refractivity contribution in [2.24, 2.45) is 0 Å². The molecule has 4 nitrogen and oxygen atoms in total. The standard InChI is InChI=1S/C16H27FN2O2/c1-4-19(9-11-21-5-2)16-7-6-14(12-15(16)17)13-18-8-10-20-3/h6-7,12,18H,4-5,8-11,13H2,1-3H3. The van der Waals surface area contributed by atoms with Crippen LogP contribution in [0.3, 0.4) is 0 Å². The van der Waals surface area contributed by atoms with Crippen LogP contribution in [0.25, 0.3) is 0 Å². The zero-order chi connectivity index (χ0) is 15.5. The van der Waals surface area contributed by atoms with Gasteiger partial charge >= 0.3 is 0 Å². The smallest absolute Gasteiger partial charge is 0.146 e. The monoisotopic (exact) mass is 298 g/mol. The van der Waals surface area contributed by atoms with Gasteiger partial charge in [0.2, 0.25) is 0 Å². The lowest BCUT2D eigenvalue weighted by Crippen LogP contribution is -2.28. The second-order valence-corrected chi connectivity index (χ2v) is 4.73. The third-order valence-electron chi connectivity index (χ3n) is 3.26. The van der Waals surface area contributed by atoms with Crippen LogP contribution in [0.5, 0.6) is 0 Å². The van der Waals surface area contributed by atoms with Crippen LogP contribution < -0.4 is 10.2 Å². The lowest BCUT2D eigenvalue weighted by Gasteiger charge is -2.23. The first-order valence-electron chi connectivity index (χ1n) is 7.53. The molecular formula is C16H27FN2O2. The number of benzene rings is 1. The predicted molar refractivity (Wildman–Crippen MR) is 84.4 cm³/mol. The molecule has 0 saturated heterocycles. The van der Waals surface area contributed by atoms with Gasteiger partial charge in [0.1, 0.15) is 5.82 Å². The van der Waals surface area contributed by atoms with E-state index in [0.29, 0.717) is 38.6 Å². The number of rotatable bonds is 11. The molecule has 1 aromatic carbocycles. The van der Waals surface area contributed by atoms with Crippen molar-refractivity contribution < 1.29 is 13.9 Å². The van der Waals surface area contributed by atoms with E-state index in [1.165, 1.54) is 0 Å². The van der Waals surface area contributed by atoms with Crippen LogP contribution in [0, 0.1) is 5.82 Å². The van der Waals surface area contributed by atoms with Gasteiger partial charge in [-0.2, -0.15) is 0 Å². The molecule has 1 aromatic rings. The Bertz CT molecular complexity index is 402. The molecule has 0 aliphatic heterocycles. The fraction of sp³-hybridized carbons (Fsp3) is 0.625. The molecule has 0 aromatic heterocycles. The Morgan fingerprint density at radius 2 is 2.05 bits per heavy atom. The van der Waals surface area contributed by atoms with Gasteiger partial charge in [-0.3, -0.25) is 0 Å². The van der Waals surface area contributed by atoms with Gasteiger partial charge in [-0.1, -0.05) is 6.07 Å². The van der Waals surface area contributed by atoms with Gasteiger partial charge in [0, 0.05) is 39.9 Å². The number of anilines is 1. The molecule has 0 radical (unpaired) electrons. The van der Waals surface area contributed by atoms with Crippen LogP contribution in [0.4, 0.5) is 10.1 Å². The molecule has 0 amide bonds. The van der Waals surface area contributed by atoms with Crippen molar-refractivity contribution in [3.63, 3.8) is 0 Å². The minimum absolute atomic E-state index is 0.181. The Morgan fingerprint density at radius 1 is 1.24 bits per heavy atom. The van der Waals surface area contributed by atoms with Crippen molar-refractivity contribution in [1.29, 1.82) is 0 Å². The van der Waals surface area contributed by atoms with Crippen LogP contribution in [0.2, 0.25) is 0 Å². The third kappa shape index (κ3) is 6.42. The van der Waals surface area contributed by atoms with Gasteiger partial charge in [0.15, 0.2) is 0 Å². The first-order valence-corrected chi connectivity index (χ1v) is 7.53. The van der Waals surface area contributed by atoms with Crippen LogP contribution in [-0.2, 0) is 16.0 Å². The molecule has 0 aliphatic carbocycles. The SMILES string of the molecule is CCOCCN(CC)c1ccc(CNCCOC)cc1F. The van der Waals surface area contributed by atoms with Crippen molar-refractivity contribution >= 4 is 5.69 Å². The van der Waals surface area contributed by atoms with E-state index >= 15 is 0 Å². The number of hydrogen-bond donors (Lipinski definition) is 1. The van der Waals surface area contributed by atoms with E-state index in [1.807, 2.05) is 30.9 Å². The van der Waals surface area contributed by atoms with E-state index in [4.69, 9.17) is 9.47 Å². The normalized spacial score (nSPS) is 10.9. The maximum Gasteiger partial charge on any atom is 0.146 e. The van der Waals surface area contributed by atoms with E-state index in [2.05, 4.69) is 5.32 Å². The maximum absolute atomic E-state index is 14.2. The van der Waals surface area contributed by atoms with E-state index in [9.17, 15) is 4.39 Å². The van der Waals surface area contributed by atoms with Crippen molar-refractivity contribution in [2.45, 2.75) is 20.4 Å². The third-order valence-corrected chi connectivity index (χ3v) is 3.26. The molecular weight excluding hydrogens is 271 g/mol. The minimum atomic E-state index is -0.181. The van der Waals surface area contributed by atoms with Gasteiger partial charge < -0.3 is 19.7 Å². The van der Waals surface area contributed by atoms with Crippen molar-refractivity contribution in [2.75, 3.05) is 51.5 Å². The molecule has 5 heteroatoms. The topological polar surface area (TPSA) is 33.7 Å². The number of nitrogens with one attached hydrogen (secondary N) is 1. The number of nitrogens with zero attached hydrogens (tertiary/aromatic N) is 1. The zero-order valence-electron chi connectivity index (χ0n) is 13.3. The molecule has 0 heterocycles. The molecule has 0 fully saturated rings. The Labute approximate surface area is 127 Å². The molecule has 0 atom stereocenters. The van der Waals surface area contributed by atoms with E-state index in [0.717, 1.165) is 18.7 Å². The molecule has 21 heavy (non-hydrogen) atoms. The Morgan fingerprint density at radius 3 is 2.67 bits per heavy atom.